The van der Waals surface area contributed by atoms with E-state index in [1.54, 1.807) is 6.07 Å². The predicted octanol–water partition coefficient (Wildman–Crippen LogP) is 2.67. The number of hydrogen-bond donors (Lipinski definition) is 2. The van der Waals surface area contributed by atoms with Crippen LogP contribution in [0.5, 0.6) is 0 Å². The molecule has 0 aliphatic carbocycles. The van der Waals surface area contributed by atoms with Crippen LogP contribution in [0.25, 0.3) is 0 Å². The summed E-state index contributed by atoms with van der Waals surface area (Å²) in [5.41, 5.74) is 7.99. The molecule has 1 aromatic rings. The van der Waals surface area contributed by atoms with Gasteiger partial charge in [0.05, 0.1) is 6.10 Å². The third-order valence-electron chi connectivity index (χ3n) is 2.11. The average molecular weight is 200 g/mol. The van der Waals surface area contributed by atoms with Crippen LogP contribution >= 0.6 is 11.6 Å². The normalized spacial score (nSPS) is 12.9. The first-order valence-electron chi connectivity index (χ1n) is 4.29. The second-order valence-corrected chi connectivity index (χ2v) is 3.56. The molecule has 3 heteroatoms. The van der Waals surface area contributed by atoms with Gasteiger partial charge in [0.25, 0.3) is 0 Å². The van der Waals surface area contributed by atoms with Crippen molar-refractivity contribution in [3.05, 3.63) is 28.3 Å². The second-order valence-electron chi connectivity index (χ2n) is 3.15. The van der Waals surface area contributed by atoms with E-state index in [9.17, 15) is 5.11 Å². The molecule has 72 valence electrons. The molecule has 0 heterocycles. The van der Waals surface area contributed by atoms with Crippen LogP contribution in [0.15, 0.2) is 12.1 Å². The molecule has 0 fully saturated rings. The molecule has 1 aromatic carbocycles. The fourth-order valence-electron chi connectivity index (χ4n) is 1.23. The van der Waals surface area contributed by atoms with E-state index in [1.807, 2.05) is 19.9 Å². The summed E-state index contributed by atoms with van der Waals surface area (Å²) in [6.45, 7) is 3.81. The molecular weight excluding hydrogens is 186 g/mol. The third kappa shape index (κ3) is 2.14. The molecule has 0 aliphatic heterocycles. The lowest BCUT2D eigenvalue weighted by Crippen LogP contribution is -2.01. The molecule has 1 rings (SSSR count). The smallest absolute Gasteiger partial charge is 0.0807 e. The van der Waals surface area contributed by atoms with E-state index >= 15 is 0 Å². The lowest BCUT2D eigenvalue weighted by atomic mass is 10.0. The van der Waals surface area contributed by atoms with Gasteiger partial charge in [0.15, 0.2) is 0 Å². The summed E-state index contributed by atoms with van der Waals surface area (Å²) in [6, 6.07) is 3.52. The predicted molar refractivity (Wildman–Crippen MR) is 55.9 cm³/mol. The third-order valence-corrected chi connectivity index (χ3v) is 2.52. The fourth-order valence-corrected chi connectivity index (χ4v) is 1.40. The summed E-state index contributed by atoms with van der Waals surface area (Å²) >= 11 is 5.87. The van der Waals surface area contributed by atoms with Gasteiger partial charge in [-0.3, -0.25) is 0 Å². The SMILES string of the molecule is CCC(O)c1cc(C)c(Cl)cc1N. The van der Waals surface area contributed by atoms with Crippen LogP contribution in [0.4, 0.5) is 5.69 Å². The molecule has 3 N–H and O–H groups in total. The molecule has 0 aliphatic rings. The number of aryl methyl sites for hydroxylation is 1. The van der Waals surface area contributed by atoms with Crippen molar-refractivity contribution in [2.24, 2.45) is 0 Å². The average Bonchev–Trinajstić information content (AvgIpc) is 2.10. The lowest BCUT2D eigenvalue weighted by Gasteiger charge is -2.12. The van der Waals surface area contributed by atoms with Crippen molar-refractivity contribution in [1.29, 1.82) is 0 Å². The standard InChI is InChI=1S/C10H14ClNO/c1-3-10(13)7-4-6(2)8(11)5-9(7)12/h4-5,10,13H,3,12H2,1-2H3. The molecule has 0 spiro atoms. The zero-order valence-corrected chi connectivity index (χ0v) is 8.60. The van der Waals surface area contributed by atoms with Crippen LogP contribution < -0.4 is 5.73 Å². The van der Waals surface area contributed by atoms with E-state index in [4.69, 9.17) is 17.3 Å². The van der Waals surface area contributed by atoms with Crippen molar-refractivity contribution in [3.63, 3.8) is 0 Å². The first kappa shape index (κ1) is 10.4. The summed E-state index contributed by atoms with van der Waals surface area (Å²) in [5, 5.41) is 10.2. The van der Waals surface area contributed by atoms with Gasteiger partial charge in [-0.2, -0.15) is 0 Å². The maximum Gasteiger partial charge on any atom is 0.0807 e. The Morgan fingerprint density at radius 3 is 2.69 bits per heavy atom. The number of aliphatic hydroxyl groups is 1. The molecule has 13 heavy (non-hydrogen) atoms. The van der Waals surface area contributed by atoms with Gasteiger partial charge in [0.1, 0.15) is 0 Å². The van der Waals surface area contributed by atoms with Crippen molar-refractivity contribution in [2.75, 3.05) is 5.73 Å². The molecular formula is C10H14ClNO. The Kier molecular flexibility index (Phi) is 3.17. The second kappa shape index (κ2) is 3.99. The van der Waals surface area contributed by atoms with Crippen LogP contribution in [0, 0.1) is 6.92 Å². The van der Waals surface area contributed by atoms with Gasteiger partial charge in [0.2, 0.25) is 0 Å². The molecule has 0 radical (unpaired) electrons. The number of benzene rings is 1. The van der Waals surface area contributed by atoms with Gasteiger partial charge in [-0.1, -0.05) is 18.5 Å². The van der Waals surface area contributed by atoms with Crippen molar-refractivity contribution in [1.82, 2.24) is 0 Å². The number of aliphatic hydroxyl groups excluding tert-OH is 1. The summed E-state index contributed by atoms with van der Waals surface area (Å²) in [4.78, 5) is 0. The molecule has 0 bridgehead atoms. The summed E-state index contributed by atoms with van der Waals surface area (Å²) in [6.07, 6.45) is 0.168. The first-order valence-corrected chi connectivity index (χ1v) is 4.67. The Hall–Kier alpha value is -0.730. The molecule has 0 amide bonds. The van der Waals surface area contributed by atoms with Crippen molar-refractivity contribution in [2.45, 2.75) is 26.4 Å². The van der Waals surface area contributed by atoms with Gasteiger partial charge in [-0.15, -0.1) is 0 Å². The number of hydrogen-bond acceptors (Lipinski definition) is 2. The maximum absolute atomic E-state index is 9.60. The molecule has 1 unspecified atom stereocenters. The largest absolute Gasteiger partial charge is 0.398 e. The van der Waals surface area contributed by atoms with Gasteiger partial charge < -0.3 is 10.8 Å². The van der Waals surface area contributed by atoms with Gasteiger partial charge in [-0.05, 0) is 31.0 Å². The Bertz CT molecular complexity index is 312. The Morgan fingerprint density at radius 1 is 1.54 bits per heavy atom. The Balaban J connectivity index is 3.15. The topological polar surface area (TPSA) is 46.2 Å². The zero-order valence-electron chi connectivity index (χ0n) is 7.84. The number of nitrogens with two attached hydrogens (primary N) is 1. The number of halogens is 1. The van der Waals surface area contributed by atoms with Crippen LogP contribution in [-0.4, -0.2) is 5.11 Å². The highest BCUT2D eigenvalue weighted by molar-refractivity contribution is 6.31. The highest BCUT2D eigenvalue weighted by Crippen LogP contribution is 2.28. The Labute approximate surface area is 83.3 Å². The van der Waals surface area contributed by atoms with Crippen LogP contribution in [-0.2, 0) is 0 Å². The highest BCUT2D eigenvalue weighted by Gasteiger charge is 2.10. The molecule has 0 saturated carbocycles. The van der Waals surface area contributed by atoms with Gasteiger partial charge in [0, 0.05) is 16.3 Å². The summed E-state index contributed by atoms with van der Waals surface area (Å²) in [7, 11) is 0. The van der Waals surface area contributed by atoms with E-state index in [0.717, 1.165) is 11.1 Å². The van der Waals surface area contributed by atoms with Crippen molar-refractivity contribution < 1.29 is 5.11 Å². The monoisotopic (exact) mass is 199 g/mol. The van der Waals surface area contributed by atoms with Gasteiger partial charge in [-0.25, -0.2) is 0 Å². The fraction of sp³-hybridized carbons (Fsp3) is 0.400. The first-order chi connectivity index (χ1) is 6.06. The number of rotatable bonds is 2. The van der Waals surface area contributed by atoms with Crippen LogP contribution in [0.2, 0.25) is 5.02 Å². The molecule has 1 atom stereocenters. The number of anilines is 1. The van der Waals surface area contributed by atoms with E-state index in [1.165, 1.54) is 0 Å². The lowest BCUT2D eigenvalue weighted by molar-refractivity contribution is 0.174. The minimum Gasteiger partial charge on any atom is -0.398 e. The van der Waals surface area contributed by atoms with Crippen LogP contribution in [0.1, 0.15) is 30.6 Å². The van der Waals surface area contributed by atoms with Crippen molar-refractivity contribution >= 4 is 17.3 Å². The van der Waals surface area contributed by atoms with Gasteiger partial charge >= 0.3 is 0 Å². The zero-order chi connectivity index (χ0) is 10.0. The Morgan fingerprint density at radius 2 is 2.15 bits per heavy atom. The molecule has 0 aromatic heterocycles. The summed E-state index contributed by atoms with van der Waals surface area (Å²) in [5.74, 6) is 0. The van der Waals surface area contributed by atoms with Crippen LogP contribution in [0.3, 0.4) is 0 Å². The quantitative estimate of drug-likeness (QED) is 0.720. The van der Waals surface area contributed by atoms with E-state index in [2.05, 4.69) is 0 Å². The minimum atomic E-state index is -0.490. The van der Waals surface area contributed by atoms with E-state index in [-0.39, 0.29) is 0 Å². The van der Waals surface area contributed by atoms with Crippen molar-refractivity contribution in [3.8, 4) is 0 Å². The molecule has 0 saturated heterocycles. The minimum absolute atomic E-state index is 0.490. The maximum atomic E-state index is 9.60. The molecule has 2 nitrogen and oxygen atoms in total. The van der Waals surface area contributed by atoms with E-state index in [0.29, 0.717) is 17.1 Å². The highest BCUT2D eigenvalue weighted by atomic mass is 35.5. The van der Waals surface area contributed by atoms with E-state index < -0.39 is 6.10 Å². The summed E-state index contributed by atoms with van der Waals surface area (Å²) < 4.78 is 0. The number of nitrogen functional groups attached to an aromatic ring is 1.